The van der Waals surface area contributed by atoms with Gasteiger partial charge in [-0.2, -0.15) is 0 Å². The molecule has 0 atom stereocenters. The van der Waals surface area contributed by atoms with Crippen molar-refractivity contribution in [2.24, 2.45) is 11.8 Å². The van der Waals surface area contributed by atoms with Gasteiger partial charge in [0, 0.05) is 23.0 Å². The summed E-state index contributed by atoms with van der Waals surface area (Å²) >= 11 is 0. The largest absolute Gasteiger partial charge is 0.360 e. The SMILES string of the molecule is Cn1c(=O)c([N+](=O)[O-])c(N=P(c2ccccc2)(c2ccccc2)c2ccccc2)c2c(=O)n(-c3ccccc3)c(=O)n(-c3ccccc3)c21. The average Bonchev–Trinajstić information content (AvgIpc) is 3.14. The van der Waals surface area contributed by atoms with Crippen LogP contribution in [-0.2, 0) is 7.05 Å². The Kier molecular flexibility index (Phi) is 8.08. The van der Waals surface area contributed by atoms with Crippen LogP contribution in [0.15, 0.2) is 171 Å². The number of hydrogen-bond donors (Lipinski definition) is 0. The van der Waals surface area contributed by atoms with Crippen LogP contribution in [0.5, 0.6) is 0 Å². The monoisotopic (exact) mass is 665 g/mol. The number of para-hydroxylation sites is 2. The van der Waals surface area contributed by atoms with E-state index in [4.69, 9.17) is 4.74 Å². The summed E-state index contributed by atoms with van der Waals surface area (Å²) in [5.74, 6) is 0. The van der Waals surface area contributed by atoms with Crippen LogP contribution in [0.2, 0.25) is 0 Å². The van der Waals surface area contributed by atoms with Gasteiger partial charge in [-0.15, -0.1) is 0 Å². The first kappa shape index (κ1) is 31.2. The van der Waals surface area contributed by atoms with Crippen LogP contribution in [0.25, 0.3) is 22.4 Å². The number of aryl methyl sites for hydroxylation is 1. The van der Waals surface area contributed by atoms with Crippen LogP contribution < -0.4 is 32.7 Å². The molecule has 11 heteroatoms. The lowest BCUT2D eigenvalue weighted by Gasteiger charge is -2.27. The van der Waals surface area contributed by atoms with Crippen LogP contribution in [-0.4, -0.2) is 18.6 Å². The molecule has 0 fully saturated rings. The number of nitro groups is 1. The van der Waals surface area contributed by atoms with E-state index in [2.05, 4.69) is 0 Å². The molecule has 0 saturated carbocycles. The van der Waals surface area contributed by atoms with E-state index in [0.29, 0.717) is 5.69 Å². The van der Waals surface area contributed by atoms with Crippen LogP contribution in [0.1, 0.15) is 0 Å². The van der Waals surface area contributed by atoms with E-state index in [9.17, 15) is 24.5 Å². The van der Waals surface area contributed by atoms with Crippen molar-refractivity contribution in [3.05, 3.63) is 193 Å². The highest BCUT2D eigenvalue weighted by Crippen LogP contribution is 2.51. The van der Waals surface area contributed by atoms with Crippen molar-refractivity contribution < 1.29 is 4.92 Å². The first-order valence-corrected chi connectivity index (χ1v) is 17.1. The smallest absolute Gasteiger partial charge is 0.291 e. The number of fused-ring (bicyclic) bond motifs is 1. The lowest BCUT2D eigenvalue weighted by molar-refractivity contribution is -0.385. The highest BCUT2D eigenvalue weighted by atomic mass is 31.2. The fourth-order valence-corrected chi connectivity index (χ4v) is 9.72. The highest BCUT2D eigenvalue weighted by Gasteiger charge is 2.35. The predicted molar refractivity (Wildman–Crippen MR) is 194 cm³/mol. The maximum absolute atomic E-state index is 14.9. The molecular formula is C38H28N5O5P. The molecule has 0 bridgehead atoms. The van der Waals surface area contributed by atoms with Crippen LogP contribution in [0, 0.1) is 10.1 Å². The summed E-state index contributed by atoms with van der Waals surface area (Å²) in [6.07, 6.45) is 0. The van der Waals surface area contributed by atoms with Crippen molar-refractivity contribution in [3.63, 3.8) is 0 Å². The Morgan fingerprint density at radius 2 is 0.959 bits per heavy atom. The van der Waals surface area contributed by atoms with E-state index in [1.54, 1.807) is 60.7 Å². The fraction of sp³-hybridized carbons (Fsp3) is 0.0263. The molecule has 0 aliphatic heterocycles. The standard InChI is InChI=1S/C38H28N5O5P/c1-40-35-32(36(44)42(28-19-9-3-10-20-28)38(46)41(35)27-17-7-2-8-18-27)33(34(37(40)45)43(47)48)39-49(29-21-11-4-12-22-29,30-23-13-5-14-24-30)31-25-15-6-16-26-31/h2-26H,1H3. The normalized spacial score (nSPS) is 11.4. The molecule has 0 N–H and O–H groups in total. The topological polar surface area (TPSA) is 122 Å². The molecule has 0 amide bonds. The Hall–Kier alpha value is -6.38. The number of rotatable bonds is 7. The van der Waals surface area contributed by atoms with Crippen molar-refractivity contribution in [1.82, 2.24) is 13.7 Å². The molecule has 0 spiro atoms. The second kappa shape index (κ2) is 12.7. The second-order valence-electron chi connectivity index (χ2n) is 11.2. The Morgan fingerprint density at radius 1 is 0.571 bits per heavy atom. The maximum atomic E-state index is 14.9. The molecule has 0 aliphatic rings. The highest BCUT2D eigenvalue weighted by molar-refractivity contribution is 7.87. The van der Waals surface area contributed by atoms with E-state index >= 15 is 0 Å². The zero-order valence-corrected chi connectivity index (χ0v) is 27.1. The van der Waals surface area contributed by atoms with E-state index < -0.39 is 40.2 Å². The molecule has 240 valence electrons. The quantitative estimate of drug-likeness (QED) is 0.125. The van der Waals surface area contributed by atoms with Gasteiger partial charge in [0.05, 0.1) is 23.4 Å². The van der Waals surface area contributed by atoms with Crippen molar-refractivity contribution in [2.45, 2.75) is 0 Å². The number of aromatic nitrogens is 3. The Labute approximate surface area is 279 Å². The molecule has 0 radical (unpaired) electrons. The summed E-state index contributed by atoms with van der Waals surface area (Å²) in [6.45, 7) is 0. The van der Waals surface area contributed by atoms with Crippen molar-refractivity contribution >= 4 is 45.4 Å². The second-order valence-corrected chi connectivity index (χ2v) is 14.2. The number of benzene rings is 5. The number of pyridine rings is 1. The summed E-state index contributed by atoms with van der Waals surface area (Å²) in [7, 11) is -1.93. The van der Waals surface area contributed by atoms with Gasteiger partial charge < -0.3 is 0 Å². The summed E-state index contributed by atoms with van der Waals surface area (Å²) in [4.78, 5) is 55.6. The molecule has 2 aromatic heterocycles. The summed E-state index contributed by atoms with van der Waals surface area (Å²) in [6, 6.07) is 45.0. The molecule has 0 unspecified atom stereocenters. The van der Waals surface area contributed by atoms with Gasteiger partial charge in [-0.1, -0.05) is 127 Å². The third-order valence-corrected chi connectivity index (χ3v) is 12.0. The third-order valence-electron chi connectivity index (χ3n) is 8.37. The van der Waals surface area contributed by atoms with Gasteiger partial charge in [-0.25, -0.2) is 18.7 Å². The molecule has 7 aromatic rings. The van der Waals surface area contributed by atoms with E-state index in [-0.39, 0.29) is 16.7 Å². The Bertz CT molecular complexity index is 2480. The van der Waals surface area contributed by atoms with Gasteiger partial charge in [0.1, 0.15) is 11.0 Å². The molecule has 49 heavy (non-hydrogen) atoms. The van der Waals surface area contributed by atoms with Crippen LogP contribution >= 0.6 is 7.05 Å². The predicted octanol–water partition coefficient (Wildman–Crippen LogP) is 5.56. The minimum absolute atomic E-state index is 0.116. The van der Waals surface area contributed by atoms with Gasteiger partial charge in [0.15, 0.2) is 5.69 Å². The minimum Gasteiger partial charge on any atom is -0.291 e. The van der Waals surface area contributed by atoms with Crippen molar-refractivity contribution in [1.29, 1.82) is 0 Å². The van der Waals surface area contributed by atoms with Gasteiger partial charge in [-0.3, -0.25) is 24.3 Å². The van der Waals surface area contributed by atoms with Gasteiger partial charge >= 0.3 is 16.9 Å². The van der Waals surface area contributed by atoms with Crippen LogP contribution in [0.3, 0.4) is 0 Å². The first-order valence-electron chi connectivity index (χ1n) is 15.3. The summed E-state index contributed by atoms with van der Waals surface area (Å²) < 4.78 is 8.54. The molecular weight excluding hydrogens is 637 g/mol. The van der Waals surface area contributed by atoms with Gasteiger partial charge in [0.2, 0.25) is 0 Å². The first-order chi connectivity index (χ1) is 23.8. The van der Waals surface area contributed by atoms with Crippen molar-refractivity contribution in [2.75, 3.05) is 0 Å². The zero-order chi connectivity index (χ0) is 34.1. The Morgan fingerprint density at radius 3 is 1.37 bits per heavy atom. The Balaban J connectivity index is 1.83. The molecule has 5 aromatic carbocycles. The van der Waals surface area contributed by atoms with Gasteiger partial charge in [-0.05, 0) is 24.3 Å². The number of nitrogens with zero attached hydrogens (tertiary/aromatic N) is 5. The molecule has 2 heterocycles. The zero-order valence-electron chi connectivity index (χ0n) is 26.2. The summed E-state index contributed by atoms with van der Waals surface area (Å²) in [5, 5.41) is 15.0. The fourth-order valence-electron chi connectivity index (χ4n) is 6.17. The molecule has 0 aliphatic carbocycles. The van der Waals surface area contributed by atoms with Gasteiger partial charge in [0.25, 0.3) is 5.56 Å². The lowest BCUT2D eigenvalue weighted by Crippen LogP contribution is -2.41. The number of hydrogen-bond acceptors (Lipinski definition) is 6. The molecule has 10 nitrogen and oxygen atoms in total. The summed E-state index contributed by atoms with van der Waals surface area (Å²) in [5.41, 5.74) is -3.37. The van der Waals surface area contributed by atoms with E-state index in [1.807, 2.05) is 91.0 Å². The molecule has 7 rings (SSSR count). The third kappa shape index (κ3) is 5.15. The van der Waals surface area contributed by atoms with E-state index in [0.717, 1.165) is 25.0 Å². The van der Waals surface area contributed by atoms with Crippen LogP contribution in [0.4, 0.5) is 11.4 Å². The average molecular weight is 666 g/mol. The maximum Gasteiger partial charge on any atom is 0.360 e. The minimum atomic E-state index is -3.25. The van der Waals surface area contributed by atoms with E-state index in [1.165, 1.54) is 11.6 Å². The lowest BCUT2D eigenvalue weighted by atomic mass is 10.2. The van der Waals surface area contributed by atoms with Crippen molar-refractivity contribution in [3.8, 4) is 11.4 Å². The molecule has 0 saturated heterocycles.